The lowest BCUT2D eigenvalue weighted by atomic mass is 10.1. The number of hydrogen-bond donors (Lipinski definition) is 1. The molecule has 0 aliphatic carbocycles. The quantitative estimate of drug-likeness (QED) is 0.454. The highest BCUT2D eigenvalue weighted by Crippen LogP contribution is 2.22. The van der Waals surface area contributed by atoms with E-state index in [9.17, 15) is 14.4 Å². The molecule has 1 fully saturated rings. The van der Waals surface area contributed by atoms with Gasteiger partial charge in [0, 0.05) is 47.7 Å². The minimum Gasteiger partial charge on any atom is -0.457 e. The van der Waals surface area contributed by atoms with E-state index in [2.05, 4.69) is 11.1 Å². The maximum absolute atomic E-state index is 12.3. The Hall–Kier alpha value is -3.41. The van der Waals surface area contributed by atoms with Crippen molar-refractivity contribution in [2.24, 2.45) is 0 Å². The Kier molecular flexibility index (Phi) is 5.93. The van der Waals surface area contributed by atoms with E-state index in [-0.39, 0.29) is 30.7 Å². The first-order valence-electron chi connectivity index (χ1n) is 10.3. The van der Waals surface area contributed by atoms with Crippen LogP contribution in [0.5, 0.6) is 0 Å². The maximum atomic E-state index is 12.3. The number of ether oxygens (including phenoxy) is 1. The summed E-state index contributed by atoms with van der Waals surface area (Å²) in [4.78, 5) is 41.0. The second-order valence-corrected chi connectivity index (χ2v) is 7.49. The zero-order valence-corrected chi connectivity index (χ0v) is 16.7. The molecule has 1 aliphatic heterocycles. The Labute approximate surface area is 174 Å². The van der Waals surface area contributed by atoms with E-state index >= 15 is 0 Å². The second-order valence-electron chi connectivity index (χ2n) is 7.49. The molecule has 1 aliphatic rings. The largest absolute Gasteiger partial charge is 0.457 e. The number of fused-ring (bicyclic) bond motifs is 1. The number of rotatable bonds is 8. The molecule has 1 N–H and O–H groups in total. The van der Waals surface area contributed by atoms with Gasteiger partial charge in [0.25, 0.3) is 0 Å². The van der Waals surface area contributed by atoms with Gasteiger partial charge in [0.1, 0.15) is 0 Å². The van der Waals surface area contributed by atoms with Crippen LogP contribution >= 0.6 is 0 Å². The van der Waals surface area contributed by atoms with E-state index in [0.29, 0.717) is 24.9 Å². The van der Waals surface area contributed by atoms with Crippen LogP contribution in [0.25, 0.3) is 10.9 Å². The van der Waals surface area contributed by atoms with Crippen molar-refractivity contribution in [3.8, 4) is 0 Å². The van der Waals surface area contributed by atoms with Gasteiger partial charge in [-0.25, -0.2) is 0 Å². The van der Waals surface area contributed by atoms with Gasteiger partial charge in [-0.3, -0.25) is 14.4 Å². The first-order valence-corrected chi connectivity index (χ1v) is 10.3. The fourth-order valence-electron chi connectivity index (χ4n) is 3.81. The minimum absolute atomic E-state index is 0.107. The van der Waals surface area contributed by atoms with Crippen molar-refractivity contribution in [2.45, 2.75) is 32.1 Å². The molecule has 154 valence electrons. The van der Waals surface area contributed by atoms with E-state index in [4.69, 9.17) is 4.74 Å². The summed E-state index contributed by atoms with van der Waals surface area (Å²) in [6.45, 7) is 0.441. The first-order chi connectivity index (χ1) is 14.6. The van der Waals surface area contributed by atoms with Crippen LogP contribution < -0.4 is 4.90 Å². The van der Waals surface area contributed by atoms with Crippen molar-refractivity contribution in [1.29, 1.82) is 0 Å². The molecular weight excluding hydrogens is 380 g/mol. The average molecular weight is 404 g/mol. The van der Waals surface area contributed by atoms with E-state index in [0.717, 1.165) is 24.0 Å². The molecule has 0 radical (unpaired) electrons. The van der Waals surface area contributed by atoms with Crippen molar-refractivity contribution in [3.05, 3.63) is 65.9 Å². The van der Waals surface area contributed by atoms with Crippen LogP contribution in [0.15, 0.2) is 54.7 Å². The number of para-hydroxylation sites is 1. The van der Waals surface area contributed by atoms with E-state index in [1.165, 1.54) is 10.9 Å². The molecule has 1 aromatic heterocycles. The van der Waals surface area contributed by atoms with Crippen LogP contribution in [0.1, 0.15) is 41.6 Å². The van der Waals surface area contributed by atoms with Crippen LogP contribution in [0.3, 0.4) is 0 Å². The molecule has 0 atom stereocenters. The van der Waals surface area contributed by atoms with Crippen LogP contribution in [-0.2, 0) is 20.7 Å². The number of H-pyrrole nitrogens is 1. The number of carbonyl (C=O) groups is 3. The van der Waals surface area contributed by atoms with Gasteiger partial charge in [-0.1, -0.05) is 18.2 Å². The number of benzene rings is 2. The highest BCUT2D eigenvalue weighted by atomic mass is 16.5. The number of ketones is 1. The van der Waals surface area contributed by atoms with Crippen LogP contribution in [-0.4, -0.2) is 35.8 Å². The van der Waals surface area contributed by atoms with Gasteiger partial charge in [-0.15, -0.1) is 0 Å². The molecule has 0 spiro atoms. The molecule has 0 saturated carbocycles. The van der Waals surface area contributed by atoms with Crippen molar-refractivity contribution < 1.29 is 19.1 Å². The fraction of sp³-hybridized carbons (Fsp3) is 0.292. The number of anilines is 1. The topological polar surface area (TPSA) is 79.5 Å². The SMILES string of the molecule is O=C(CCCc1c[nH]c2ccccc12)OCC(=O)c1ccc(N2CCCC2=O)cc1. The predicted molar refractivity (Wildman–Crippen MR) is 115 cm³/mol. The number of nitrogens with zero attached hydrogens (tertiary/aromatic N) is 1. The van der Waals surface area contributed by atoms with E-state index < -0.39 is 0 Å². The third-order valence-corrected chi connectivity index (χ3v) is 5.44. The molecular formula is C24H24N2O4. The monoisotopic (exact) mass is 404 g/mol. The molecule has 0 bridgehead atoms. The molecule has 3 aromatic rings. The smallest absolute Gasteiger partial charge is 0.306 e. The zero-order valence-electron chi connectivity index (χ0n) is 16.7. The average Bonchev–Trinajstić information content (AvgIpc) is 3.38. The number of aromatic amines is 1. The predicted octanol–water partition coefficient (Wildman–Crippen LogP) is 4.04. The van der Waals surface area contributed by atoms with Gasteiger partial charge >= 0.3 is 5.97 Å². The zero-order chi connectivity index (χ0) is 20.9. The van der Waals surface area contributed by atoms with Gasteiger partial charge in [0.05, 0.1) is 0 Å². The van der Waals surface area contributed by atoms with Crippen LogP contribution in [0.4, 0.5) is 5.69 Å². The fourth-order valence-corrected chi connectivity index (χ4v) is 3.81. The van der Waals surface area contributed by atoms with Crippen molar-refractivity contribution in [2.75, 3.05) is 18.1 Å². The molecule has 1 amide bonds. The Balaban J connectivity index is 1.22. The lowest BCUT2D eigenvalue weighted by Gasteiger charge is -2.15. The van der Waals surface area contributed by atoms with Crippen molar-refractivity contribution >= 4 is 34.3 Å². The summed E-state index contributed by atoms with van der Waals surface area (Å²) in [5.41, 5.74) is 3.52. The summed E-state index contributed by atoms with van der Waals surface area (Å²) in [7, 11) is 0. The summed E-state index contributed by atoms with van der Waals surface area (Å²) in [5.74, 6) is -0.516. The number of aryl methyl sites for hydroxylation is 1. The highest BCUT2D eigenvalue weighted by Gasteiger charge is 2.21. The van der Waals surface area contributed by atoms with Crippen molar-refractivity contribution in [3.63, 3.8) is 0 Å². The van der Waals surface area contributed by atoms with Crippen LogP contribution in [0, 0.1) is 0 Å². The number of nitrogens with one attached hydrogen (secondary N) is 1. The van der Waals surface area contributed by atoms with E-state index in [1.807, 2.05) is 24.4 Å². The number of carbonyl (C=O) groups excluding carboxylic acids is 3. The first kappa shape index (κ1) is 19.9. The third-order valence-electron chi connectivity index (χ3n) is 5.44. The van der Waals surface area contributed by atoms with Gasteiger partial charge in [0.15, 0.2) is 12.4 Å². The van der Waals surface area contributed by atoms with Crippen molar-refractivity contribution in [1.82, 2.24) is 4.98 Å². The lowest BCUT2D eigenvalue weighted by Crippen LogP contribution is -2.23. The molecule has 4 rings (SSSR count). The van der Waals surface area contributed by atoms with Crippen LogP contribution in [0.2, 0.25) is 0 Å². The Bertz CT molecular complexity index is 1070. The molecule has 30 heavy (non-hydrogen) atoms. The van der Waals surface area contributed by atoms with Gasteiger partial charge in [-0.05, 0) is 55.2 Å². The molecule has 6 nitrogen and oxygen atoms in total. The highest BCUT2D eigenvalue weighted by molar-refractivity contribution is 5.99. The van der Waals surface area contributed by atoms with Gasteiger partial charge < -0.3 is 14.6 Å². The minimum atomic E-state index is -0.373. The standard InChI is InChI=1S/C24H24N2O4/c27-22(17-10-12-19(13-11-17)26-14-4-8-23(26)28)16-30-24(29)9-3-5-18-15-25-21-7-2-1-6-20(18)21/h1-2,6-7,10-13,15,25H,3-5,8-9,14,16H2. The molecule has 0 unspecified atom stereocenters. The summed E-state index contributed by atoms with van der Waals surface area (Å²) in [5, 5.41) is 1.17. The Morgan fingerprint density at radius 1 is 1.07 bits per heavy atom. The molecule has 2 aromatic carbocycles. The Morgan fingerprint density at radius 2 is 1.87 bits per heavy atom. The lowest BCUT2D eigenvalue weighted by molar-refractivity contribution is -0.142. The normalized spacial score (nSPS) is 13.7. The van der Waals surface area contributed by atoms with Gasteiger partial charge in [-0.2, -0.15) is 0 Å². The number of aromatic nitrogens is 1. The molecule has 6 heteroatoms. The summed E-state index contributed by atoms with van der Waals surface area (Å²) >= 11 is 0. The number of amides is 1. The third kappa shape index (κ3) is 4.43. The summed E-state index contributed by atoms with van der Waals surface area (Å²) in [6, 6.07) is 14.9. The molecule has 1 saturated heterocycles. The number of hydrogen-bond acceptors (Lipinski definition) is 4. The number of Topliss-reactive ketones (excluding diaryl/α,β-unsaturated/α-hetero) is 1. The Morgan fingerprint density at radius 3 is 2.63 bits per heavy atom. The van der Waals surface area contributed by atoms with Gasteiger partial charge in [0.2, 0.25) is 5.91 Å². The second kappa shape index (κ2) is 8.95. The number of esters is 1. The maximum Gasteiger partial charge on any atom is 0.306 e. The summed E-state index contributed by atoms with van der Waals surface area (Å²) in [6.07, 6.45) is 5.09. The molecule has 2 heterocycles. The van der Waals surface area contributed by atoms with E-state index in [1.54, 1.807) is 29.2 Å². The summed E-state index contributed by atoms with van der Waals surface area (Å²) < 4.78 is 5.15.